The zero-order chi connectivity index (χ0) is 20.1. The third-order valence-electron chi connectivity index (χ3n) is 6.29. The smallest absolute Gasteiger partial charge is 0.00334 e. The molecule has 0 bridgehead atoms. The molecule has 0 aromatic heterocycles. The molecule has 0 heterocycles. The molecule has 0 saturated carbocycles. The van der Waals surface area contributed by atoms with Crippen molar-refractivity contribution in [1.29, 1.82) is 0 Å². The zero-order valence-corrected chi connectivity index (χ0v) is 20.7. The summed E-state index contributed by atoms with van der Waals surface area (Å²) in [4.78, 5) is 0. The predicted molar refractivity (Wildman–Crippen MR) is 134 cm³/mol. The molecule has 0 aromatic carbocycles. The summed E-state index contributed by atoms with van der Waals surface area (Å²) in [7, 11) is 0. The van der Waals surface area contributed by atoms with Crippen molar-refractivity contribution >= 4 is 25.3 Å². The average molecular weight is 417 g/mol. The number of hydrogen-bond acceptors (Lipinski definition) is 2. The van der Waals surface area contributed by atoms with E-state index in [1.165, 1.54) is 128 Å². The second-order valence-electron chi connectivity index (χ2n) is 8.97. The van der Waals surface area contributed by atoms with Crippen LogP contribution in [0.2, 0.25) is 0 Å². The minimum Gasteiger partial charge on any atom is -0.179 e. The second kappa shape index (κ2) is 21.4. The van der Waals surface area contributed by atoms with Crippen molar-refractivity contribution in [3.63, 3.8) is 0 Å². The Morgan fingerprint density at radius 2 is 0.667 bits per heavy atom. The van der Waals surface area contributed by atoms with Crippen LogP contribution in [-0.2, 0) is 0 Å². The van der Waals surface area contributed by atoms with E-state index in [-0.39, 0.29) is 0 Å². The van der Waals surface area contributed by atoms with Gasteiger partial charge in [-0.3, -0.25) is 0 Å². The van der Waals surface area contributed by atoms with Crippen LogP contribution in [0.4, 0.5) is 0 Å². The van der Waals surface area contributed by atoms with Crippen LogP contribution in [0.15, 0.2) is 0 Å². The predicted octanol–water partition coefficient (Wildman–Crippen LogP) is 9.67. The van der Waals surface area contributed by atoms with Gasteiger partial charge in [0, 0.05) is 0 Å². The molecule has 0 aromatic rings. The quantitative estimate of drug-likeness (QED) is 0.127. The Balaban J connectivity index is 3.67. The molecule has 0 fully saturated rings. The highest BCUT2D eigenvalue weighted by molar-refractivity contribution is 7.81. The first-order valence-corrected chi connectivity index (χ1v) is 13.7. The average Bonchev–Trinajstić information content (AvgIpc) is 2.70. The third-order valence-corrected chi connectivity index (χ3v) is 7.63. The van der Waals surface area contributed by atoms with Gasteiger partial charge in [0.15, 0.2) is 0 Å². The SMILES string of the molecule is CCCCCCCCCCCC(CS)(CS)CCCCCCCCCCC. The van der Waals surface area contributed by atoms with Gasteiger partial charge in [-0.15, -0.1) is 0 Å². The van der Waals surface area contributed by atoms with E-state index in [9.17, 15) is 0 Å². The summed E-state index contributed by atoms with van der Waals surface area (Å²) in [6, 6.07) is 0. The van der Waals surface area contributed by atoms with E-state index in [4.69, 9.17) is 25.3 Å². The van der Waals surface area contributed by atoms with E-state index >= 15 is 0 Å². The third kappa shape index (κ3) is 17.3. The summed E-state index contributed by atoms with van der Waals surface area (Å²) < 4.78 is 0. The fourth-order valence-electron chi connectivity index (χ4n) is 4.11. The maximum atomic E-state index is 4.71. The van der Waals surface area contributed by atoms with Crippen molar-refractivity contribution in [2.75, 3.05) is 11.5 Å². The van der Waals surface area contributed by atoms with Crippen molar-refractivity contribution < 1.29 is 0 Å². The van der Waals surface area contributed by atoms with Crippen LogP contribution in [-0.4, -0.2) is 11.5 Å². The lowest BCUT2D eigenvalue weighted by molar-refractivity contribution is 0.298. The minimum absolute atomic E-state index is 0.397. The molecule has 0 aliphatic heterocycles. The van der Waals surface area contributed by atoms with Crippen LogP contribution in [0.3, 0.4) is 0 Å². The van der Waals surface area contributed by atoms with E-state index in [1.54, 1.807) is 0 Å². The molecule has 0 unspecified atom stereocenters. The molecule has 164 valence electrons. The van der Waals surface area contributed by atoms with E-state index in [0.717, 1.165) is 11.5 Å². The van der Waals surface area contributed by atoms with E-state index in [0.29, 0.717) is 5.41 Å². The maximum Gasteiger partial charge on any atom is -0.00334 e. The highest BCUT2D eigenvalue weighted by Gasteiger charge is 2.25. The fraction of sp³-hybridized carbons (Fsp3) is 1.00. The first kappa shape index (κ1) is 27.7. The van der Waals surface area contributed by atoms with Gasteiger partial charge in [0.25, 0.3) is 0 Å². The Morgan fingerprint density at radius 1 is 0.407 bits per heavy atom. The molecule has 0 N–H and O–H groups in total. The molecule has 0 nitrogen and oxygen atoms in total. The van der Waals surface area contributed by atoms with Gasteiger partial charge >= 0.3 is 0 Å². The Morgan fingerprint density at radius 3 is 0.926 bits per heavy atom. The van der Waals surface area contributed by atoms with Gasteiger partial charge in [-0.05, 0) is 29.8 Å². The zero-order valence-electron chi connectivity index (χ0n) is 19.0. The number of hydrogen-bond donors (Lipinski definition) is 2. The van der Waals surface area contributed by atoms with Gasteiger partial charge in [-0.1, -0.05) is 129 Å². The monoisotopic (exact) mass is 416 g/mol. The summed E-state index contributed by atoms with van der Waals surface area (Å²) >= 11 is 9.43. The Labute approximate surface area is 184 Å². The topological polar surface area (TPSA) is 0 Å². The van der Waals surface area contributed by atoms with Crippen molar-refractivity contribution in [3.05, 3.63) is 0 Å². The number of rotatable bonds is 22. The Hall–Kier alpha value is 0.700. The van der Waals surface area contributed by atoms with Gasteiger partial charge in [0.1, 0.15) is 0 Å². The normalized spacial score (nSPS) is 12.0. The van der Waals surface area contributed by atoms with Gasteiger partial charge < -0.3 is 0 Å². The largest absolute Gasteiger partial charge is 0.179 e. The van der Waals surface area contributed by atoms with E-state index < -0.39 is 0 Å². The molecule has 0 radical (unpaired) electrons. The van der Waals surface area contributed by atoms with Gasteiger partial charge in [0.2, 0.25) is 0 Å². The molecular weight excluding hydrogens is 364 g/mol. The summed E-state index contributed by atoms with van der Waals surface area (Å²) in [5, 5.41) is 0. The molecule has 0 spiro atoms. The van der Waals surface area contributed by atoms with Crippen LogP contribution in [0.1, 0.15) is 142 Å². The van der Waals surface area contributed by atoms with Crippen LogP contribution in [0, 0.1) is 5.41 Å². The van der Waals surface area contributed by atoms with E-state index in [1.807, 2.05) is 0 Å². The molecule has 27 heavy (non-hydrogen) atoms. The molecule has 0 atom stereocenters. The van der Waals surface area contributed by atoms with Crippen molar-refractivity contribution in [2.24, 2.45) is 5.41 Å². The summed E-state index contributed by atoms with van der Waals surface area (Å²) in [5.41, 5.74) is 0.397. The number of thiol groups is 2. The first-order chi connectivity index (χ1) is 13.2. The molecule has 0 saturated heterocycles. The molecular formula is C25H52S2. The Kier molecular flexibility index (Phi) is 22.0. The minimum atomic E-state index is 0.397. The first-order valence-electron chi connectivity index (χ1n) is 12.5. The summed E-state index contributed by atoms with van der Waals surface area (Å²) in [6.07, 6.45) is 28.2. The Bertz CT molecular complexity index is 249. The summed E-state index contributed by atoms with van der Waals surface area (Å²) in [6.45, 7) is 4.59. The lowest BCUT2D eigenvalue weighted by atomic mass is 9.81. The highest BCUT2D eigenvalue weighted by Crippen LogP contribution is 2.34. The van der Waals surface area contributed by atoms with Crippen LogP contribution in [0.5, 0.6) is 0 Å². The molecule has 0 aliphatic rings. The standard InChI is InChI=1S/C25H52S2/c1-3-5-7-9-11-13-15-17-19-21-25(23-26,24-27)22-20-18-16-14-12-10-8-6-4-2/h26-27H,3-24H2,1-2H3. The van der Waals surface area contributed by atoms with Gasteiger partial charge in [-0.25, -0.2) is 0 Å². The fourth-order valence-corrected chi connectivity index (χ4v) is 5.15. The van der Waals surface area contributed by atoms with Crippen LogP contribution >= 0.6 is 25.3 Å². The van der Waals surface area contributed by atoms with Crippen molar-refractivity contribution in [2.45, 2.75) is 142 Å². The number of unbranched alkanes of at least 4 members (excludes halogenated alkanes) is 16. The summed E-state index contributed by atoms with van der Waals surface area (Å²) in [5.74, 6) is 2.04. The lowest BCUT2D eigenvalue weighted by Gasteiger charge is -2.31. The van der Waals surface area contributed by atoms with Crippen LogP contribution < -0.4 is 0 Å². The van der Waals surface area contributed by atoms with E-state index in [2.05, 4.69) is 13.8 Å². The molecule has 0 amide bonds. The van der Waals surface area contributed by atoms with Crippen molar-refractivity contribution in [3.8, 4) is 0 Å². The molecule has 2 heteroatoms. The maximum absolute atomic E-state index is 4.71. The van der Waals surface area contributed by atoms with Gasteiger partial charge in [0.05, 0.1) is 0 Å². The highest BCUT2D eigenvalue weighted by atomic mass is 32.1. The van der Waals surface area contributed by atoms with Crippen LogP contribution in [0.25, 0.3) is 0 Å². The molecule has 0 rings (SSSR count). The lowest BCUT2D eigenvalue weighted by Crippen LogP contribution is -2.25. The van der Waals surface area contributed by atoms with Crippen molar-refractivity contribution in [1.82, 2.24) is 0 Å². The second-order valence-corrected chi connectivity index (χ2v) is 9.61. The van der Waals surface area contributed by atoms with Gasteiger partial charge in [-0.2, -0.15) is 25.3 Å². The molecule has 0 aliphatic carbocycles.